The molecule has 0 bridgehead atoms. The highest BCUT2D eigenvalue weighted by molar-refractivity contribution is 7.99. The van der Waals surface area contributed by atoms with Crippen LogP contribution in [0.15, 0.2) is 24.3 Å². The van der Waals surface area contributed by atoms with Crippen LogP contribution in [-0.4, -0.2) is 41.7 Å². The third-order valence-corrected chi connectivity index (χ3v) is 5.27. The standard InChI is InChI=1S/C16H22N2O2S/c19-15-3-1-2-14(15)16(20)17-12-4-6-13(7-5-12)18-8-10-21-11-9-18/h4-7,14-15,19H,1-3,8-11H2,(H,17,20). The lowest BCUT2D eigenvalue weighted by atomic mass is 10.1. The first-order valence-electron chi connectivity index (χ1n) is 7.66. The number of carbonyl (C=O) groups is 1. The van der Waals surface area contributed by atoms with E-state index in [4.69, 9.17) is 0 Å². The minimum Gasteiger partial charge on any atom is -0.392 e. The van der Waals surface area contributed by atoms with Crippen molar-refractivity contribution in [2.75, 3.05) is 34.8 Å². The Balaban J connectivity index is 1.60. The zero-order chi connectivity index (χ0) is 14.7. The SMILES string of the molecule is O=C(Nc1ccc(N2CCSCC2)cc1)C1CCCC1O. The molecule has 2 fully saturated rings. The summed E-state index contributed by atoms with van der Waals surface area (Å²) >= 11 is 2.00. The molecule has 2 unspecified atom stereocenters. The molecule has 0 aromatic heterocycles. The van der Waals surface area contributed by atoms with Gasteiger partial charge in [-0.25, -0.2) is 0 Å². The molecule has 1 aromatic carbocycles. The first-order valence-corrected chi connectivity index (χ1v) is 8.81. The molecule has 3 rings (SSSR count). The number of hydrogen-bond donors (Lipinski definition) is 2. The van der Waals surface area contributed by atoms with Gasteiger partial charge in [-0.05, 0) is 43.5 Å². The largest absolute Gasteiger partial charge is 0.392 e. The molecule has 1 saturated carbocycles. The van der Waals surface area contributed by atoms with Crippen LogP contribution in [0.5, 0.6) is 0 Å². The molecule has 0 radical (unpaired) electrons. The maximum absolute atomic E-state index is 12.1. The number of nitrogens with one attached hydrogen (secondary N) is 1. The fourth-order valence-electron chi connectivity index (χ4n) is 3.06. The smallest absolute Gasteiger partial charge is 0.230 e. The summed E-state index contributed by atoms with van der Waals surface area (Å²) < 4.78 is 0. The number of nitrogens with zero attached hydrogens (tertiary/aromatic N) is 1. The molecule has 0 spiro atoms. The van der Waals surface area contributed by atoms with E-state index < -0.39 is 6.10 Å². The van der Waals surface area contributed by atoms with Gasteiger partial charge in [-0.15, -0.1) is 0 Å². The maximum atomic E-state index is 12.1. The number of benzene rings is 1. The highest BCUT2D eigenvalue weighted by Crippen LogP contribution is 2.27. The van der Waals surface area contributed by atoms with Gasteiger partial charge in [0.05, 0.1) is 12.0 Å². The second kappa shape index (κ2) is 6.71. The van der Waals surface area contributed by atoms with Crippen LogP contribution in [0.4, 0.5) is 11.4 Å². The molecule has 1 heterocycles. The van der Waals surface area contributed by atoms with Gasteiger partial charge in [0.1, 0.15) is 0 Å². The monoisotopic (exact) mass is 306 g/mol. The second-order valence-electron chi connectivity index (χ2n) is 5.74. The normalized spacial score (nSPS) is 25.9. The molecule has 1 aliphatic carbocycles. The topological polar surface area (TPSA) is 52.6 Å². The molecule has 114 valence electrons. The van der Waals surface area contributed by atoms with Gasteiger partial charge >= 0.3 is 0 Å². The van der Waals surface area contributed by atoms with Crippen LogP contribution in [-0.2, 0) is 4.79 Å². The molecule has 2 atom stereocenters. The third kappa shape index (κ3) is 3.52. The molecule has 4 nitrogen and oxygen atoms in total. The van der Waals surface area contributed by atoms with E-state index in [1.165, 1.54) is 17.2 Å². The van der Waals surface area contributed by atoms with Crippen LogP contribution in [0, 0.1) is 5.92 Å². The summed E-state index contributed by atoms with van der Waals surface area (Å²) in [7, 11) is 0. The Morgan fingerprint density at radius 2 is 1.90 bits per heavy atom. The lowest BCUT2D eigenvalue weighted by molar-refractivity contribution is -0.122. The van der Waals surface area contributed by atoms with E-state index in [0.717, 1.165) is 38.0 Å². The highest BCUT2D eigenvalue weighted by atomic mass is 32.2. The van der Waals surface area contributed by atoms with Gasteiger partial charge < -0.3 is 15.3 Å². The molecule has 1 saturated heterocycles. The van der Waals surface area contributed by atoms with Crippen LogP contribution in [0.3, 0.4) is 0 Å². The van der Waals surface area contributed by atoms with Crippen LogP contribution in [0.2, 0.25) is 0 Å². The lowest BCUT2D eigenvalue weighted by Gasteiger charge is -2.28. The van der Waals surface area contributed by atoms with E-state index >= 15 is 0 Å². The molecule has 1 aliphatic heterocycles. The summed E-state index contributed by atoms with van der Waals surface area (Å²) in [6.45, 7) is 2.18. The summed E-state index contributed by atoms with van der Waals surface area (Å²) in [5.41, 5.74) is 2.03. The van der Waals surface area contributed by atoms with Crippen molar-refractivity contribution >= 4 is 29.0 Å². The van der Waals surface area contributed by atoms with E-state index in [-0.39, 0.29) is 11.8 Å². The van der Waals surface area contributed by atoms with Crippen molar-refractivity contribution in [3.63, 3.8) is 0 Å². The van der Waals surface area contributed by atoms with Crippen LogP contribution in [0.1, 0.15) is 19.3 Å². The van der Waals surface area contributed by atoms with Crippen molar-refractivity contribution in [2.45, 2.75) is 25.4 Å². The fourth-order valence-corrected chi connectivity index (χ4v) is 3.96. The zero-order valence-corrected chi connectivity index (χ0v) is 12.9. The van der Waals surface area contributed by atoms with E-state index in [1.807, 2.05) is 23.9 Å². The Bertz CT molecular complexity index is 486. The Kier molecular flexibility index (Phi) is 4.70. The summed E-state index contributed by atoms with van der Waals surface area (Å²) in [5.74, 6) is 2.06. The first-order chi connectivity index (χ1) is 10.2. The predicted octanol–water partition coefficient (Wildman–Crippen LogP) is 2.34. The minimum absolute atomic E-state index is 0.0536. The number of rotatable bonds is 3. The lowest BCUT2D eigenvalue weighted by Crippen LogP contribution is -2.32. The first kappa shape index (κ1) is 14.7. The Hall–Kier alpha value is -1.20. The van der Waals surface area contributed by atoms with E-state index in [2.05, 4.69) is 22.3 Å². The van der Waals surface area contributed by atoms with Gasteiger partial charge in [0, 0.05) is 36.0 Å². The summed E-state index contributed by atoms with van der Waals surface area (Å²) in [6.07, 6.45) is 1.99. The quantitative estimate of drug-likeness (QED) is 0.900. The number of hydrogen-bond acceptors (Lipinski definition) is 4. The highest BCUT2D eigenvalue weighted by Gasteiger charge is 2.31. The van der Waals surface area contributed by atoms with Crippen molar-refractivity contribution in [1.29, 1.82) is 0 Å². The molecular weight excluding hydrogens is 284 g/mol. The molecule has 21 heavy (non-hydrogen) atoms. The Morgan fingerprint density at radius 1 is 1.19 bits per heavy atom. The average Bonchev–Trinajstić information content (AvgIpc) is 2.95. The van der Waals surface area contributed by atoms with Gasteiger partial charge in [-0.2, -0.15) is 11.8 Å². The molecular formula is C16H22N2O2S. The third-order valence-electron chi connectivity index (χ3n) is 4.33. The summed E-state index contributed by atoms with van der Waals surface area (Å²) in [5, 5.41) is 12.7. The minimum atomic E-state index is -0.477. The van der Waals surface area contributed by atoms with Gasteiger partial charge in [0.25, 0.3) is 0 Å². The van der Waals surface area contributed by atoms with Gasteiger partial charge in [-0.1, -0.05) is 0 Å². The van der Waals surface area contributed by atoms with Crippen LogP contribution >= 0.6 is 11.8 Å². The number of thioether (sulfide) groups is 1. The summed E-state index contributed by atoms with van der Waals surface area (Å²) in [4.78, 5) is 14.5. The summed E-state index contributed by atoms with van der Waals surface area (Å²) in [6, 6.07) is 8.04. The van der Waals surface area contributed by atoms with Crippen molar-refractivity contribution < 1.29 is 9.90 Å². The molecule has 2 N–H and O–H groups in total. The van der Waals surface area contributed by atoms with Crippen molar-refractivity contribution in [1.82, 2.24) is 0 Å². The van der Waals surface area contributed by atoms with Gasteiger partial charge in [-0.3, -0.25) is 4.79 Å². The van der Waals surface area contributed by atoms with E-state index in [0.29, 0.717) is 0 Å². The van der Waals surface area contributed by atoms with Crippen LogP contribution in [0.25, 0.3) is 0 Å². The van der Waals surface area contributed by atoms with Crippen molar-refractivity contribution in [2.24, 2.45) is 5.92 Å². The molecule has 5 heteroatoms. The van der Waals surface area contributed by atoms with E-state index in [9.17, 15) is 9.90 Å². The van der Waals surface area contributed by atoms with Crippen molar-refractivity contribution in [3.05, 3.63) is 24.3 Å². The number of aliphatic hydroxyl groups is 1. The van der Waals surface area contributed by atoms with Gasteiger partial charge in [0.2, 0.25) is 5.91 Å². The predicted molar refractivity (Wildman–Crippen MR) is 88.0 cm³/mol. The van der Waals surface area contributed by atoms with Crippen LogP contribution < -0.4 is 10.2 Å². The average molecular weight is 306 g/mol. The molecule has 1 aromatic rings. The molecule has 1 amide bonds. The number of carbonyl (C=O) groups excluding carboxylic acids is 1. The van der Waals surface area contributed by atoms with Crippen molar-refractivity contribution in [3.8, 4) is 0 Å². The number of aliphatic hydroxyl groups excluding tert-OH is 1. The number of anilines is 2. The Morgan fingerprint density at radius 3 is 2.52 bits per heavy atom. The molecule has 2 aliphatic rings. The van der Waals surface area contributed by atoms with E-state index in [1.54, 1.807) is 0 Å². The second-order valence-corrected chi connectivity index (χ2v) is 6.97. The fraction of sp³-hybridized carbons (Fsp3) is 0.562. The zero-order valence-electron chi connectivity index (χ0n) is 12.1. The number of amides is 1. The Labute approximate surface area is 129 Å². The maximum Gasteiger partial charge on any atom is 0.230 e. The van der Waals surface area contributed by atoms with Gasteiger partial charge in [0.15, 0.2) is 0 Å².